The maximum atomic E-state index is 13.5. The highest BCUT2D eigenvalue weighted by atomic mass is 19.4. The summed E-state index contributed by atoms with van der Waals surface area (Å²) in [7, 11) is 0. The molecule has 1 heterocycles. The minimum absolute atomic E-state index is 0.0400. The second-order valence-electron chi connectivity index (χ2n) is 6.83. The van der Waals surface area contributed by atoms with Gasteiger partial charge in [0.25, 0.3) is 11.2 Å². The first-order valence-corrected chi connectivity index (χ1v) is 9.24. The van der Waals surface area contributed by atoms with Gasteiger partial charge in [0.2, 0.25) is 0 Å². The third kappa shape index (κ3) is 3.86. The van der Waals surface area contributed by atoms with E-state index < -0.39 is 23.0 Å². The zero-order chi connectivity index (χ0) is 20.3. The lowest BCUT2D eigenvalue weighted by Crippen LogP contribution is -2.26. The van der Waals surface area contributed by atoms with E-state index in [1.807, 2.05) is 6.92 Å². The maximum Gasteiger partial charge on any atom is 0.407 e. The summed E-state index contributed by atoms with van der Waals surface area (Å²) in [6.45, 7) is 9.17. The highest BCUT2D eigenvalue weighted by Gasteiger charge is 2.36. The Balaban J connectivity index is 2.32. The van der Waals surface area contributed by atoms with Gasteiger partial charge >= 0.3 is 6.18 Å². The maximum absolute atomic E-state index is 13.5. The lowest BCUT2D eigenvalue weighted by molar-refractivity contribution is -0.136. The number of aromatic nitrogens is 1. The summed E-state index contributed by atoms with van der Waals surface area (Å²) in [5.41, 5.74) is -1.91. The van der Waals surface area contributed by atoms with Crippen molar-refractivity contribution in [1.29, 1.82) is 0 Å². The molecule has 1 aromatic carbocycles. The fourth-order valence-corrected chi connectivity index (χ4v) is 3.60. The number of hydrogen-bond acceptors (Lipinski definition) is 2. The van der Waals surface area contributed by atoms with Gasteiger partial charge in [0, 0.05) is 11.3 Å². The van der Waals surface area contributed by atoms with Crippen LogP contribution in [0.1, 0.15) is 44.6 Å². The average Bonchev–Trinajstić information content (AvgIpc) is 2.69. The Morgan fingerprint density at radius 2 is 1.96 bits per heavy atom. The van der Waals surface area contributed by atoms with Crippen molar-refractivity contribution in [2.45, 2.75) is 45.2 Å². The molecule has 0 saturated heterocycles. The normalized spacial score (nSPS) is 18.8. The molecule has 1 unspecified atom stereocenters. The lowest BCUT2D eigenvalue weighted by Gasteiger charge is -2.23. The van der Waals surface area contributed by atoms with Gasteiger partial charge in [-0.15, -0.1) is 0 Å². The largest absolute Gasteiger partial charge is 0.407 e. The molecule has 0 N–H and O–H groups in total. The van der Waals surface area contributed by atoms with Crippen LogP contribution in [0.5, 0.6) is 0 Å². The van der Waals surface area contributed by atoms with Gasteiger partial charge in [-0.1, -0.05) is 43.7 Å². The van der Waals surface area contributed by atoms with Crippen LogP contribution in [0.2, 0.25) is 0 Å². The Morgan fingerprint density at radius 3 is 2.57 bits per heavy atom. The highest BCUT2D eigenvalue weighted by Crippen LogP contribution is 2.37. The van der Waals surface area contributed by atoms with Gasteiger partial charge in [0.15, 0.2) is 0 Å². The van der Waals surface area contributed by atoms with Crippen LogP contribution in [-0.2, 0) is 6.18 Å². The summed E-state index contributed by atoms with van der Waals surface area (Å²) in [5.74, 6) is 0.197. The van der Waals surface area contributed by atoms with Crippen molar-refractivity contribution in [3.63, 3.8) is 0 Å². The summed E-state index contributed by atoms with van der Waals surface area (Å²) >= 11 is 0. The second-order valence-corrected chi connectivity index (χ2v) is 6.83. The number of alkyl halides is 3. The third-order valence-corrected chi connectivity index (χ3v) is 5.07. The third-order valence-electron chi connectivity index (χ3n) is 5.07. The SMILES string of the molecule is [C-]#[N+]c1c(C(F)(F)F)cc(-c2ccccc2)n(/N=C2\CCCCC2CC)c1=O. The van der Waals surface area contributed by atoms with Gasteiger partial charge in [0.1, 0.15) is 0 Å². The minimum atomic E-state index is -4.80. The van der Waals surface area contributed by atoms with Crippen molar-refractivity contribution < 1.29 is 13.2 Å². The van der Waals surface area contributed by atoms with Gasteiger partial charge in [-0.3, -0.25) is 4.79 Å². The molecule has 1 saturated carbocycles. The molecule has 0 aliphatic heterocycles. The smallest absolute Gasteiger partial charge is 0.281 e. The van der Waals surface area contributed by atoms with Crippen molar-refractivity contribution in [3.8, 4) is 11.3 Å². The Kier molecular flexibility index (Phi) is 5.68. The molecule has 0 radical (unpaired) electrons. The van der Waals surface area contributed by atoms with E-state index in [0.29, 0.717) is 12.0 Å². The summed E-state index contributed by atoms with van der Waals surface area (Å²) in [6.07, 6.45) is -0.301. The van der Waals surface area contributed by atoms with Gasteiger partial charge < -0.3 is 0 Å². The molecule has 28 heavy (non-hydrogen) atoms. The van der Waals surface area contributed by atoms with Gasteiger partial charge in [0.05, 0.1) is 17.8 Å². The Bertz CT molecular complexity index is 985. The number of halogens is 3. The molecule has 4 nitrogen and oxygen atoms in total. The fraction of sp³-hybridized carbons (Fsp3) is 0.381. The monoisotopic (exact) mass is 387 g/mol. The number of nitrogens with zero attached hydrogens (tertiary/aromatic N) is 3. The first-order chi connectivity index (χ1) is 13.4. The van der Waals surface area contributed by atoms with Gasteiger partial charge in [-0.05, 0) is 37.7 Å². The number of hydrogen-bond donors (Lipinski definition) is 0. The molecule has 1 atom stereocenters. The highest BCUT2D eigenvalue weighted by molar-refractivity contribution is 5.87. The molecule has 3 rings (SSSR count). The van der Waals surface area contributed by atoms with Crippen LogP contribution in [-0.4, -0.2) is 10.4 Å². The minimum Gasteiger partial charge on any atom is -0.281 e. The van der Waals surface area contributed by atoms with Crippen molar-refractivity contribution in [2.75, 3.05) is 0 Å². The van der Waals surface area contributed by atoms with Crippen molar-refractivity contribution >= 4 is 11.4 Å². The molecule has 7 heteroatoms. The van der Waals surface area contributed by atoms with Gasteiger partial charge in [-0.2, -0.15) is 18.3 Å². The predicted octanol–water partition coefficient (Wildman–Crippen LogP) is 5.89. The van der Waals surface area contributed by atoms with E-state index >= 15 is 0 Å². The molecule has 1 fully saturated rings. The molecule has 2 aromatic rings. The summed E-state index contributed by atoms with van der Waals surface area (Å²) in [5, 5.41) is 4.49. The van der Waals surface area contributed by atoms with Crippen LogP contribution in [0.3, 0.4) is 0 Å². The van der Waals surface area contributed by atoms with Crippen molar-refractivity contribution in [1.82, 2.24) is 4.68 Å². The molecular formula is C21H20F3N3O. The van der Waals surface area contributed by atoms with E-state index in [2.05, 4.69) is 9.95 Å². The first-order valence-electron chi connectivity index (χ1n) is 9.24. The number of benzene rings is 1. The number of rotatable bonds is 3. The number of pyridine rings is 1. The van der Waals surface area contributed by atoms with E-state index in [0.717, 1.165) is 42.1 Å². The first kappa shape index (κ1) is 19.9. The van der Waals surface area contributed by atoms with E-state index in [1.54, 1.807) is 30.3 Å². The molecule has 0 spiro atoms. The van der Waals surface area contributed by atoms with E-state index in [-0.39, 0.29) is 11.6 Å². The van der Waals surface area contributed by atoms with Crippen LogP contribution >= 0.6 is 0 Å². The average molecular weight is 387 g/mol. The van der Waals surface area contributed by atoms with E-state index in [9.17, 15) is 18.0 Å². The fourth-order valence-electron chi connectivity index (χ4n) is 3.60. The standard InChI is InChI=1S/C21H20F3N3O/c1-3-14-9-7-8-12-17(14)26-27-18(15-10-5-4-6-11-15)13-16(21(22,23)24)19(25-2)20(27)28/h4-6,10-11,13-14H,3,7-9,12H2,1H3/b26-17+. The van der Waals surface area contributed by atoms with Crippen LogP contribution < -0.4 is 5.56 Å². The van der Waals surface area contributed by atoms with E-state index in [4.69, 9.17) is 6.57 Å². The van der Waals surface area contributed by atoms with Crippen LogP contribution in [0, 0.1) is 12.5 Å². The Hall–Kier alpha value is -2.88. The van der Waals surface area contributed by atoms with Gasteiger partial charge in [-0.25, -0.2) is 9.52 Å². The predicted molar refractivity (Wildman–Crippen MR) is 102 cm³/mol. The van der Waals surface area contributed by atoms with Crippen molar-refractivity contribution in [2.24, 2.45) is 11.0 Å². The summed E-state index contributed by atoms with van der Waals surface area (Å²) in [4.78, 5) is 15.8. The van der Waals surface area contributed by atoms with Crippen LogP contribution in [0.15, 0.2) is 46.3 Å². The van der Waals surface area contributed by atoms with E-state index in [1.165, 1.54) is 0 Å². The zero-order valence-electron chi connectivity index (χ0n) is 15.5. The molecule has 1 aromatic heterocycles. The Labute approximate surface area is 161 Å². The quantitative estimate of drug-likeness (QED) is 0.605. The molecule has 146 valence electrons. The van der Waals surface area contributed by atoms with Crippen LogP contribution in [0.25, 0.3) is 16.1 Å². The Morgan fingerprint density at radius 1 is 1.25 bits per heavy atom. The second kappa shape index (κ2) is 8.01. The molecular weight excluding hydrogens is 367 g/mol. The van der Waals surface area contributed by atoms with Crippen molar-refractivity contribution in [3.05, 3.63) is 63.7 Å². The molecule has 1 aliphatic carbocycles. The zero-order valence-corrected chi connectivity index (χ0v) is 15.5. The summed E-state index contributed by atoms with van der Waals surface area (Å²) < 4.78 is 41.5. The molecule has 0 amide bonds. The van der Waals surface area contributed by atoms with Crippen LogP contribution in [0.4, 0.5) is 18.9 Å². The lowest BCUT2D eigenvalue weighted by atomic mass is 9.85. The summed E-state index contributed by atoms with van der Waals surface area (Å²) in [6, 6.07) is 9.22. The molecule has 1 aliphatic rings. The topological polar surface area (TPSA) is 38.7 Å². The molecule has 0 bridgehead atoms.